The van der Waals surface area contributed by atoms with Gasteiger partial charge in [0.15, 0.2) is 0 Å². The van der Waals surface area contributed by atoms with E-state index >= 15 is 0 Å². The summed E-state index contributed by atoms with van der Waals surface area (Å²) in [5.74, 6) is 0.632. The number of hydrogen-bond donors (Lipinski definition) is 1. The summed E-state index contributed by atoms with van der Waals surface area (Å²) in [4.78, 5) is 0. The van der Waals surface area contributed by atoms with Crippen LogP contribution >= 0.6 is 0 Å². The molecule has 0 aromatic heterocycles. The van der Waals surface area contributed by atoms with Gasteiger partial charge in [-0.25, -0.2) is 0 Å². The molecule has 98 valence electrons. The van der Waals surface area contributed by atoms with Gasteiger partial charge in [0.05, 0.1) is 12.2 Å². The highest BCUT2D eigenvalue weighted by Crippen LogP contribution is 2.29. The topological polar surface area (TPSA) is 45.0 Å². The Morgan fingerprint density at radius 1 is 1.59 bits per heavy atom. The van der Waals surface area contributed by atoms with Gasteiger partial charge >= 0.3 is 0 Å². The predicted molar refractivity (Wildman–Crippen MR) is 69.7 cm³/mol. The molecule has 3 nitrogen and oxygen atoms in total. The molecular formula is C14H26N2O. The molecule has 0 saturated heterocycles. The molecule has 3 heteroatoms. The molecule has 1 saturated carbocycles. The lowest BCUT2D eigenvalue weighted by molar-refractivity contribution is -0.00610. The zero-order valence-electron chi connectivity index (χ0n) is 11.5. The molecule has 0 aromatic rings. The molecule has 17 heavy (non-hydrogen) atoms. The average Bonchev–Trinajstić information content (AvgIpc) is 2.37. The van der Waals surface area contributed by atoms with Crippen LogP contribution in [0.5, 0.6) is 0 Å². The molecule has 1 N–H and O–H groups in total. The van der Waals surface area contributed by atoms with Gasteiger partial charge in [0.2, 0.25) is 0 Å². The summed E-state index contributed by atoms with van der Waals surface area (Å²) in [5.41, 5.74) is -0.350. The average molecular weight is 238 g/mol. The number of rotatable bonds is 6. The van der Waals surface area contributed by atoms with Gasteiger partial charge in [-0.1, -0.05) is 20.3 Å². The van der Waals surface area contributed by atoms with Crippen molar-refractivity contribution in [2.24, 2.45) is 5.92 Å². The third kappa shape index (κ3) is 4.29. The first kappa shape index (κ1) is 14.5. The van der Waals surface area contributed by atoms with E-state index < -0.39 is 0 Å². The molecule has 0 aliphatic heterocycles. The monoisotopic (exact) mass is 238 g/mol. The van der Waals surface area contributed by atoms with Gasteiger partial charge in [-0.05, 0) is 38.6 Å². The molecular weight excluding hydrogens is 212 g/mol. The van der Waals surface area contributed by atoms with Crippen LogP contribution in [0, 0.1) is 17.2 Å². The first-order valence-corrected chi connectivity index (χ1v) is 6.87. The molecule has 3 atom stereocenters. The fraction of sp³-hybridized carbons (Fsp3) is 0.929. The van der Waals surface area contributed by atoms with Crippen LogP contribution in [0.3, 0.4) is 0 Å². The summed E-state index contributed by atoms with van der Waals surface area (Å²) in [6.45, 7) is 5.28. The van der Waals surface area contributed by atoms with Crippen LogP contribution < -0.4 is 5.32 Å². The Bertz CT molecular complexity index is 261. The Balaban J connectivity index is 2.37. The third-order valence-electron chi connectivity index (χ3n) is 3.80. The Morgan fingerprint density at radius 3 is 2.94 bits per heavy atom. The molecule has 1 aliphatic carbocycles. The van der Waals surface area contributed by atoms with E-state index in [1.165, 1.54) is 12.8 Å². The van der Waals surface area contributed by atoms with Gasteiger partial charge in [-0.3, -0.25) is 0 Å². The van der Waals surface area contributed by atoms with Gasteiger partial charge < -0.3 is 10.1 Å². The molecule has 0 heterocycles. The standard InChI is InChI=1S/C14H26N2O/c1-4-6-12(2)10-17-13-7-5-8-14(9-13,11-15)16-3/h12-13,16H,4-10H2,1-3H3. The number of nitrogens with one attached hydrogen (secondary N) is 1. The molecule has 0 spiro atoms. The van der Waals surface area contributed by atoms with E-state index in [9.17, 15) is 5.26 Å². The van der Waals surface area contributed by atoms with Crippen LogP contribution in [0.15, 0.2) is 0 Å². The van der Waals surface area contributed by atoms with E-state index in [0.29, 0.717) is 5.92 Å². The second-order valence-corrected chi connectivity index (χ2v) is 5.39. The van der Waals surface area contributed by atoms with Crippen molar-refractivity contribution in [2.45, 2.75) is 64.0 Å². The second-order valence-electron chi connectivity index (χ2n) is 5.39. The lowest BCUT2D eigenvalue weighted by Gasteiger charge is -2.35. The van der Waals surface area contributed by atoms with Crippen molar-refractivity contribution in [3.8, 4) is 6.07 Å². The summed E-state index contributed by atoms with van der Waals surface area (Å²) in [6.07, 6.45) is 6.67. The van der Waals surface area contributed by atoms with Crippen molar-refractivity contribution in [1.29, 1.82) is 5.26 Å². The maximum absolute atomic E-state index is 9.25. The summed E-state index contributed by atoms with van der Waals surface area (Å²) >= 11 is 0. The van der Waals surface area contributed by atoms with Crippen LogP contribution in [0.2, 0.25) is 0 Å². The van der Waals surface area contributed by atoms with Crippen molar-refractivity contribution < 1.29 is 4.74 Å². The van der Waals surface area contributed by atoms with Crippen molar-refractivity contribution in [2.75, 3.05) is 13.7 Å². The van der Waals surface area contributed by atoms with E-state index in [1.807, 2.05) is 7.05 Å². The van der Waals surface area contributed by atoms with Crippen LogP contribution in [-0.2, 0) is 4.74 Å². The Labute approximate surface area is 106 Å². The summed E-state index contributed by atoms with van der Waals surface area (Å²) < 4.78 is 5.97. The number of hydrogen-bond acceptors (Lipinski definition) is 3. The largest absolute Gasteiger partial charge is 0.378 e. The van der Waals surface area contributed by atoms with Crippen molar-refractivity contribution in [3.05, 3.63) is 0 Å². The van der Waals surface area contributed by atoms with Crippen molar-refractivity contribution in [1.82, 2.24) is 5.32 Å². The van der Waals surface area contributed by atoms with Gasteiger partial charge in [0.1, 0.15) is 5.54 Å². The quantitative estimate of drug-likeness (QED) is 0.774. The Morgan fingerprint density at radius 2 is 2.35 bits per heavy atom. The summed E-state index contributed by atoms with van der Waals surface area (Å²) in [7, 11) is 1.88. The second kappa shape index (κ2) is 6.98. The number of nitrogens with zero attached hydrogens (tertiary/aromatic N) is 1. The minimum absolute atomic E-state index is 0.259. The molecule has 1 rings (SSSR count). The molecule has 0 radical (unpaired) electrons. The lowest BCUT2D eigenvalue weighted by Crippen LogP contribution is -2.47. The third-order valence-corrected chi connectivity index (χ3v) is 3.80. The first-order valence-electron chi connectivity index (χ1n) is 6.87. The van der Waals surface area contributed by atoms with Gasteiger partial charge in [0, 0.05) is 13.0 Å². The highest BCUT2D eigenvalue weighted by atomic mass is 16.5. The molecule has 1 fully saturated rings. The molecule has 1 aliphatic rings. The highest BCUT2D eigenvalue weighted by molar-refractivity contribution is 5.09. The van der Waals surface area contributed by atoms with Crippen LogP contribution in [0.1, 0.15) is 52.4 Å². The van der Waals surface area contributed by atoms with Crippen molar-refractivity contribution in [3.63, 3.8) is 0 Å². The van der Waals surface area contributed by atoms with Gasteiger partial charge in [0.25, 0.3) is 0 Å². The Hall–Kier alpha value is -0.590. The summed E-state index contributed by atoms with van der Waals surface area (Å²) in [6, 6.07) is 2.42. The number of ether oxygens (including phenoxy) is 1. The normalized spacial score (nSPS) is 30.8. The molecule has 0 amide bonds. The SMILES string of the molecule is CCCC(C)COC1CCCC(C#N)(NC)C1. The molecule has 3 unspecified atom stereocenters. The van der Waals surface area contributed by atoms with E-state index in [-0.39, 0.29) is 11.6 Å². The number of nitriles is 1. The highest BCUT2D eigenvalue weighted by Gasteiger charge is 2.35. The maximum Gasteiger partial charge on any atom is 0.109 e. The predicted octanol–water partition coefficient (Wildman–Crippen LogP) is 2.86. The van der Waals surface area contributed by atoms with Crippen LogP contribution in [0.4, 0.5) is 0 Å². The van der Waals surface area contributed by atoms with Gasteiger partial charge in [-0.15, -0.1) is 0 Å². The van der Waals surface area contributed by atoms with E-state index in [1.54, 1.807) is 0 Å². The minimum Gasteiger partial charge on any atom is -0.378 e. The zero-order chi connectivity index (χ0) is 12.7. The van der Waals surface area contributed by atoms with E-state index in [4.69, 9.17) is 4.74 Å². The smallest absolute Gasteiger partial charge is 0.109 e. The van der Waals surface area contributed by atoms with Crippen molar-refractivity contribution >= 4 is 0 Å². The Kier molecular flexibility index (Phi) is 5.94. The minimum atomic E-state index is -0.350. The molecule has 0 bridgehead atoms. The lowest BCUT2D eigenvalue weighted by atomic mass is 9.81. The van der Waals surface area contributed by atoms with Gasteiger partial charge in [-0.2, -0.15) is 5.26 Å². The first-order chi connectivity index (χ1) is 8.15. The summed E-state index contributed by atoms with van der Waals surface area (Å²) in [5, 5.41) is 12.4. The van der Waals surface area contributed by atoms with E-state index in [0.717, 1.165) is 32.3 Å². The fourth-order valence-electron chi connectivity index (χ4n) is 2.63. The fourth-order valence-corrected chi connectivity index (χ4v) is 2.63. The van der Waals surface area contributed by atoms with E-state index in [2.05, 4.69) is 25.2 Å². The molecule has 0 aromatic carbocycles. The van der Waals surface area contributed by atoms with Crippen LogP contribution in [-0.4, -0.2) is 25.3 Å². The maximum atomic E-state index is 9.25. The zero-order valence-corrected chi connectivity index (χ0v) is 11.5. The van der Waals surface area contributed by atoms with Crippen LogP contribution in [0.25, 0.3) is 0 Å².